The molecule has 247 valence electrons. The van der Waals surface area contributed by atoms with E-state index in [1.165, 1.54) is 55.7 Å². The van der Waals surface area contributed by atoms with Crippen LogP contribution in [0.4, 0.5) is 0 Å². The van der Waals surface area contributed by atoms with E-state index in [2.05, 4.69) is 135 Å². The van der Waals surface area contributed by atoms with Crippen LogP contribution in [-0.4, -0.2) is 5.92 Å². The number of aryl methyl sites for hydroxylation is 2. The Morgan fingerprint density at radius 1 is 0.583 bits per heavy atom. The second-order valence-corrected chi connectivity index (χ2v) is 56.6. The monoisotopic (exact) mass is 765 g/mol. The van der Waals surface area contributed by atoms with Crippen molar-refractivity contribution in [3.63, 3.8) is 0 Å². The van der Waals surface area contributed by atoms with Gasteiger partial charge in [0.15, 0.2) is 0 Å². The van der Waals surface area contributed by atoms with Gasteiger partial charge in [-0.2, -0.15) is 0 Å². The SMILES string of the molecule is C=CCCCCc1cccc2c1C=C(c1ccccc1)[CH]2[Zr]([Cl])([Cl])([CH]1C(c2ccccc2)=Cc2c(CCCCC=C)cccc21)[SiH](C)C. The zero-order valence-corrected chi connectivity index (χ0v) is 33.7. The summed E-state index contributed by atoms with van der Waals surface area (Å²) < 4.78 is 0.0116. The minimum absolute atomic E-state index is 0.00581. The Morgan fingerprint density at radius 3 is 1.38 bits per heavy atom. The van der Waals surface area contributed by atoms with E-state index in [1.54, 1.807) is 0 Å². The van der Waals surface area contributed by atoms with Gasteiger partial charge in [0.25, 0.3) is 0 Å². The molecule has 2 unspecified atom stereocenters. The van der Waals surface area contributed by atoms with E-state index >= 15 is 0 Å². The fraction of sp³-hybridized carbons (Fsp3) is 0.273. The Bertz CT molecular complexity index is 1710. The molecule has 48 heavy (non-hydrogen) atoms. The van der Waals surface area contributed by atoms with Crippen molar-refractivity contribution < 1.29 is 15.6 Å². The van der Waals surface area contributed by atoms with Gasteiger partial charge in [-0.15, -0.1) is 0 Å². The first kappa shape index (κ1) is 35.3. The maximum atomic E-state index is 8.82. The molecule has 0 bridgehead atoms. The Balaban J connectivity index is 1.57. The normalized spacial score (nSPS) is 17.6. The average Bonchev–Trinajstić information content (AvgIpc) is 3.71. The molecule has 0 aromatic heterocycles. The van der Waals surface area contributed by atoms with Crippen LogP contribution in [-0.2, 0) is 28.4 Å². The summed E-state index contributed by atoms with van der Waals surface area (Å²) in [6.45, 7) is 12.8. The Labute approximate surface area is 298 Å². The van der Waals surface area contributed by atoms with Crippen LogP contribution in [0.25, 0.3) is 23.3 Å². The summed E-state index contributed by atoms with van der Waals surface area (Å²) in [7, 11) is 17.6. The molecule has 2 aliphatic carbocycles. The molecule has 0 saturated heterocycles. The van der Waals surface area contributed by atoms with Gasteiger partial charge in [0.05, 0.1) is 0 Å². The molecule has 2 atom stereocenters. The second kappa shape index (κ2) is 15.2. The first-order valence-electron chi connectivity index (χ1n) is 17.9. The van der Waals surface area contributed by atoms with Gasteiger partial charge in [0.1, 0.15) is 0 Å². The third kappa shape index (κ3) is 6.56. The molecule has 0 radical (unpaired) electrons. The number of allylic oxidation sites excluding steroid dienone is 4. The van der Waals surface area contributed by atoms with Gasteiger partial charge >= 0.3 is 300 Å². The molecular weight excluding hydrogens is 719 g/mol. The Morgan fingerprint density at radius 2 is 1.00 bits per heavy atom. The summed E-state index contributed by atoms with van der Waals surface area (Å²) in [5.74, 6) is -1.72. The fourth-order valence-corrected chi connectivity index (χ4v) is 38.5. The van der Waals surface area contributed by atoms with Gasteiger partial charge in [-0.25, -0.2) is 0 Å². The summed E-state index contributed by atoms with van der Waals surface area (Å²) in [5.41, 5.74) is 13.4. The Kier molecular flexibility index (Phi) is 11.2. The summed E-state index contributed by atoms with van der Waals surface area (Å²) in [4.78, 5) is 0. The van der Waals surface area contributed by atoms with Crippen molar-refractivity contribution in [1.82, 2.24) is 0 Å². The van der Waals surface area contributed by atoms with E-state index in [-0.39, 0.29) is 7.25 Å². The van der Waals surface area contributed by atoms with Gasteiger partial charge in [-0.3, -0.25) is 0 Å². The standard InChI is InChI=1S/2C21H21.C2H7Si.2ClH.Zr/c2*1-2-3-4-6-12-18-13-9-14-19-15-20(16-21(18)19)17-10-7-5-8-11-17;1-3-2;;;/h2*2,5,7-11,13-16H,1,3-4,6,12H2;3H,1-2H3;2*1H;/q;;;;;+2/p-2. The molecule has 6 rings (SSSR count). The van der Waals surface area contributed by atoms with Crippen LogP contribution in [0.1, 0.15) is 90.3 Å². The third-order valence-electron chi connectivity index (χ3n) is 10.9. The zero-order chi connectivity index (χ0) is 33.8. The molecule has 4 aromatic rings. The van der Waals surface area contributed by atoms with Crippen LogP contribution in [0.3, 0.4) is 0 Å². The topological polar surface area (TPSA) is 0 Å². The molecule has 0 N–H and O–H groups in total. The predicted molar refractivity (Wildman–Crippen MR) is 213 cm³/mol. The maximum absolute atomic E-state index is 8.82. The number of halogens is 2. The Hall–Kier alpha value is -2.48. The van der Waals surface area contributed by atoms with E-state index in [4.69, 9.17) is 17.0 Å². The molecule has 0 nitrogen and oxygen atoms in total. The van der Waals surface area contributed by atoms with Crippen molar-refractivity contribution in [3.8, 4) is 0 Å². The molecule has 0 saturated carbocycles. The van der Waals surface area contributed by atoms with E-state index < -0.39 is 21.5 Å². The molecule has 0 amide bonds. The molecule has 4 aromatic carbocycles. The summed E-state index contributed by atoms with van der Waals surface area (Å²) in [6, 6.07) is 35.8. The molecule has 0 heterocycles. The van der Waals surface area contributed by atoms with Crippen LogP contribution in [0.2, 0.25) is 13.1 Å². The van der Waals surface area contributed by atoms with Crippen LogP contribution < -0.4 is 0 Å². The zero-order valence-electron chi connectivity index (χ0n) is 28.6. The van der Waals surface area contributed by atoms with Crippen molar-refractivity contribution in [2.75, 3.05) is 0 Å². The fourth-order valence-electron chi connectivity index (χ4n) is 8.36. The molecule has 4 heteroatoms. The quantitative estimate of drug-likeness (QED) is 0.0642. The molecular formula is C44H49Cl2SiZr. The second-order valence-electron chi connectivity index (χ2n) is 14.1. The number of hydrogen-bond acceptors (Lipinski definition) is 0. The van der Waals surface area contributed by atoms with Gasteiger partial charge in [-0.05, 0) is 0 Å². The summed E-state index contributed by atoms with van der Waals surface area (Å²) in [6.07, 6.45) is 17.8. The first-order valence-corrected chi connectivity index (χ1v) is 34.2. The average molecular weight is 768 g/mol. The number of benzene rings is 4. The van der Waals surface area contributed by atoms with Crippen molar-refractivity contribution in [2.24, 2.45) is 0 Å². The van der Waals surface area contributed by atoms with Crippen molar-refractivity contribution >= 4 is 46.2 Å². The summed E-state index contributed by atoms with van der Waals surface area (Å²) in [5, 5.41) is 0. The van der Waals surface area contributed by atoms with E-state index in [0.717, 1.165) is 51.4 Å². The van der Waals surface area contributed by atoms with Gasteiger partial charge < -0.3 is 0 Å². The van der Waals surface area contributed by atoms with Crippen LogP contribution in [0.15, 0.2) is 122 Å². The van der Waals surface area contributed by atoms with Gasteiger partial charge in [0, 0.05) is 0 Å². The molecule has 0 spiro atoms. The number of rotatable bonds is 15. The van der Waals surface area contributed by atoms with Crippen LogP contribution >= 0.6 is 17.0 Å². The van der Waals surface area contributed by atoms with E-state index in [0.29, 0.717) is 0 Å². The van der Waals surface area contributed by atoms with Gasteiger partial charge in [-0.1, -0.05) is 0 Å². The van der Waals surface area contributed by atoms with Crippen molar-refractivity contribution in [2.45, 2.75) is 71.7 Å². The first-order chi connectivity index (χ1) is 23.3. The number of unbranched alkanes of at least 4 members (excludes halogenated alkanes) is 4. The van der Waals surface area contributed by atoms with Crippen molar-refractivity contribution in [1.29, 1.82) is 0 Å². The van der Waals surface area contributed by atoms with Crippen LogP contribution in [0, 0.1) is 0 Å². The third-order valence-corrected chi connectivity index (χ3v) is 62.5. The van der Waals surface area contributed by atoms with E-state index in [1.807, 2.05) is 12.2 Å². The molecule has 0 aliphatic heterocycles. The van der Waals surface area contributed by atoms with E-state index in [9.17, 15) is 0 Å². The molecule has 0 fully saturated rings. The van der Waals surface area contributed by atoms with Crippen LogP contribution in [0.5, 0.6) is 0 Å². The number of hydrogen-bond donors (Lipinski definition) is 0. The minimum atomic E-state index is -5.01. The van der Waals surface area contributed by atoms with Crippen molar-refractivity contribution in [3.05, 3.63) is 167 Å². The summed E-state index contributed by atoms with van der Waals surface area (Å²) >= 11 is -5.01. The van der Waals surface area contributed by atoms with Gasteiger partial charge in [0.2, 0.25) is 0 Å². The molecule has 2 aliphatic rings. The predicted octanol–water partition coefficient (Wildman–Crippen LogP) is 13.4. The number of fused-ring (bicyclic) bond motifs is 2.